The molecule has 14 heavy (non-hydrogen) atoms. The van der Waals surface area contributed by atoms with Gasteiger partial charge < -0.3 is 4.74 Å². The molecular formula is C9H13ClN2O2. The topological polar surface area (TPSA) is 51.0 Å². The summed E-state index contributed by atoms with van der Waals surface area (Å²) in [5.41, 5.74) is -0.418. The van der Waals surface area contributed by atoms with Crippen molar-refractivity contribution < 1.29 is 9.53 Å². The fraction of sp³-hybridized carbons (Fsp3) is 0.667. The van der Waals surface area contributed by atoms with Crippen molar-refractivity contribution in [2.75, 3.05) is 0 Å². The Hall–Kier alpha value is -0.900. The second-order valence-electron chi connectivity index (χ2n) is 3.12. The second-order valence-corrected chi connectivity index (χ2v) is 3.50. The van der Waals surface area contributed by atoms with Crippen molar-refractivity contribution in [3.8, 4) is 0 Å². The van der Waals surface area contributed by atoms with E-state index in [1.54, 1.807) is 13.8 Å². The SMILES string of the molecule is CCC(=O)OC1(C)N=NC(CC)=C1Cl. The number of rotatable bonds is 3. The molecule has 1 rings (SSSR count). The van der Waals surface area contributed by atoms with Crippen LogP contribution in [0.2, 0.25) is 0 Å². The molecule has 0 bridgehead atoms. The summed E-state index contributed by atoms with van der Waals surface area (Å²) in [5, 5.41) is 8.14. The summed E-state index contributed by atoms with van der Waals surface area (Å²) < 4.78 is 5.10. The summed E-state index contributed by atoms with van der Waals surface area (Å²) in [7, 11) is 0. The molecule has 0 aliphatic carbocycles. The Morgan fingerprint density at radius 2 is 2.21 bits per heavy atom. The van der Waals surface area contributed by atoms with Crippen LogP contribution in [0.15, 0.2) is 21.0 Å². The predicted molar refractivity (Wildman–Crippen MR) is 52.8 cm³/mol. The van der Waals surface area contributed by atoms with Crippen LogP contribution in [-0.4, -0.2) is 11.7 Å². The fourth-order valence-electron chi connectivity index (χ4n) is 1.10. The van der Waals surface area contributed by atoms with Gasteiger partial charge in [0.1, 0.15) is 5.03 Å². The first-order valence-electron chi connectivity index (χ1n) is 4.57. The summed E-state index contributed by atoms with van der Waals surface area (Å²) in [6, 6.07) is 0. The number of allylic oxidation sites excluding steroid dienone is 1. The normalized spacial score (nSPS) is 25.7. The van der Waals surface area contributed by atoms with E-state index in [0.29, 0.717) is 23.6 Å². The van der Waals surface area contributed by atoms with Gasteiger partial charge in [-0.25, -0.2) is 0 Å². The van der Waals surface area contributed by atoms with Gasteiger partial charge in [-0.3, -0.25) is 4.79 Å². The molecule has 0 aromatic carbocycles. The van der Waals surface area contributed by atoms with Gasteiger partial charge in [-0.2, -0.15) is 5.11 Å². The molecule has 0 saturated heterocycles. The Morgan fingerprint density at radius 1 is 1.57 bits per heavy atom. The Bertz CT molecular complexity index is 312. The molecule has 1 atom stereocenters. The van der Waals surface area contributed by atoms with Gasteiger partial charge in [0.05, 0.1) is 5.70 Å². The number of halogens is 1. The van der Waals surface area contributed by atoms with Crippen molar-refractivity contribution in [3.63, 3.8) is 0 Å². The zero-order chi connectivity index (χ0) is 10.8. The number of carbonyl (C=O) groups is 1. The minimum atomic E-state index is -1.10. The lowest BCUT2D eigenvalue weighted by Crippen LogP contribution is -2.28. The van der Waals surface area contributed by atoms with Crippen LogP contribution in [0.25, 0.3) is 0 Å². The van der Waals surface area contributed by atoms with Crippen LogP contribution < -0.4 is 0 Å². The van der Waals surface area contributed by atoms with Gasteiger partial charge in [-0.1, -0.05) is 25.4 Å². The molecule has 0 N–H and O–H groups in total. The number of hydrogen-bond donors (Lipinski definition) is 0. The molecule has 1 aliphatic heterocycles. The van der Waals surface area contributed by atoms with Gasteiger partial charge in [-0.15, -0.1) is 5.11 Å². The maximum atomic E-state index is 11.1. The summed E-state index contributed by atoms with van der Waals surface area (Å²) in [6.45, 7) is 5.27. The number of ether oxygens (including phenoxy) is 1. The van der Waals surface area contributed by atoms with Gasteiger partial charge in [0.15, 0.2) is 0 Å². The van der Waals surface area contributed by atoms with Gasteiger partial charge in [0, 0.05) is 13.3 Å². The number of nitrogens with zero attached hydrogens (tertiary/aromatic N) is 2. The molecule has 0 aromatic rings. The van der Waals surface area contributed by atoms with Crippen molar-refractivity contribution in [3.05, 3.63) is 10.7 Å². The monoisotopic (exact) mass is 216 g/mol. The van der Waals surface area contributed by atoms with E-state index in [4.69, 9.17) is 16.3 Å². The van der Waals surface area contributed by atoms with E-state index >= 15 is 0 Å². The molecule has 4 nitrogen and oxygen atoms in total. The zero-order valence-electron chi connectivity index (χ0n) is 8.50. The molecular weight excluding hydrogens is 204 g/mol. The molecule has 1 heterocycles. The largest absolute Gasteiger partial charge is 0.430 e. The first-order chi connectivity index (χ1) is 6.53. The highest BCUT2D eigenvalue weighted by atomic mass is 35.5. The van der Waals surface area contributed by atoms with Gasteiger partial charge in [0.25, 0.3) is 5.72 Å². The molecule has 0 amide bonds. The molecule has 0 radical (unpaired) electrons. The van der Waals surface area contributed by atoms with Crippen molar-refractivity contribution in [1.82, 2.24) is 0 Å². The third-order valence-electron chi connectivity index (χ3n) is 1.96. The quantitative estimate of drug-likeness (QED) is 0.681. The van der Waals surface area contributed by atoms with E-state index in [0.717, 1.165) is 0 Å². The van der Waals surface area contributed by atoms with E-state index < -0.39 is 5.72 Å². The smallest absolute Gasteiger partial charge is 0.308 e. The van der Waals surface area contributed by atoms with Gasteiger partial charge in [0.2, 0.25) is 0 Å². The lowest BCUT2D eigenvalue weighted by molar-refractivity contribution is -0.153. The third-order valence-corrected chi connectivity index (χ3v) is 2.53. The van der Waals surface area contributed by atoms with Crippen LogP contribution in [0.4, 0.5) is 0 Å². The lowest BCUT2D eigenvalue weighted by atomic mass is 10.2. The maximum absolute atomic E-state index is 11.1. The molecule has 0 aromatic heterocycles. The Balaban J connectivity index is 2.83. The average molecular weight is 217 g/mol. The molecule has 0 spiro atoms. The van der Waals surface area contributed by atoms with E-state index in [9.17, 15) is 4.79 Å². The molecule has 1 unspecified atom stereocenters. The number of azo groups is 1. The maximum Gasteiger partial charge on any atom is 0.308 e. The zero-order valence-corrected chi connectivity index (χ0v) is 9.26. The van der Waals surface area contributed by atoms with Crippen LogP contribution in [0, 0.1) is 0 Å². The summed E-state index contributed by atoms with van der Waals surface area (Å²) in [4.78, 5) is 11.1. The minimum absolute atomic E-state index is 0.302. The van der Waals surface area contributed by atoms with Crippen LogP contribution in [0.5, 0.6) is 0 Å². The third kappa shape index (κ3) is 1.95. The second kappa shape index (κ2) is 4.09. The Morgan fingerprint density at radius 3 is 2.64 bits per heavy atom. The minimum Gasteiger partial charge on any atom is -0.430 e. The number of esters is 1. The molecule has 0 saturated carbocycles. The van der Waals surface area contributed by atoms with Crippen molar-refractivity contribution in [2.45, 2.75) is 39.3 Å². The fourth-order valence-corrected chi connectivity index (χ4v) is 1.34. The highest BCUT2D eigenvalue weighted by Gasteiger charge is 2.38. The predicted octanol–water partition coefficient (Wildman–Crippen LogP) is 2.98. The van der Waals surface area contributed by atoms with Crippen LogP contribution in [0.3, 0.4) is 0 Å². The van der Waals surface area contributed by atoms with Crippen molar-refractivity contribution in [1.29, 1.82) is 0 Å². The van der Waals surface area contributed by atoms with E-state index in [1.807, 2.05) is 6.92 Å². The highest BCUT2D eigenvalue weighted by molar-refractivity contribution is 6.31. The Labute approximate surface area is 88.0 Å². The van der Waals surface area contributed by atoms with E-state index in [1.165, 1.54) is 0 Å². The van der Waals surface area contributed by atoms with Crippen LogP contribution in [-0.2, 0) is 9.53 Å². The van der Waals surface area contributed by atoms with Crippen molar-refractivity contribution in [2.24, 2.45) is 10.2 Å². The van der Waals surface area contributed by atoms with Crippen molar-refractivity contribution >= 4 is 17.6 Å². The first kappa shape index (κ1) is 11.2. The van der Waals surface area contributed by atoms with Gasteiger partial charge >= 0.3 is 5.97 Å². The molecule has 78 valence electrons. The lowest BCUT2D eigenvalue weighted by Gasteiger charge is -2.19. The van der Waals surface area contributed by atoms with Crippen LogP contribution >= 0.6 is 11.6 Å². The standard InChI is InChI=1S/C9H13ClN2O2/c1-4-6-8(10)9(3,12-11-6)14-7(13)5-2/h4-5H2,1-3H3. The molecule has 0 fully saturated rings. The number of carbonyl (C=O) groups excluding carboxylic acids is 1. The number of hydrogen-bond acceptors (Lipinski definition) is 4. The summed E-state index contributed by atoms with van der Waals surface area (Å²) in [5.74, 6) is -0.332. The van der Waals surface area contributed by atoms with Crippen LogP contribution in [0.1, 0.15) is 33.6 Å². The first-order valence-corrected chi connectivity index (χ1v) is 4.95. The van der Waals surface area contributed by atoms with E-state index in [2.05, 4.69) is 10.2 Å². The molecule has 1 aliphatic rings. The highest BCUT2D eigenvalue weighted by Crippen LogP contribution is 2.37. The summed E-state index contributed by atoms with van der Waals surface area (Å²) >= 11 is 6.00. The van der Waals surface area contributed by atoms with E-state index in [-0.39, 0.29) is 5.97 Å². The Kier molecular flexibility index (Phi) is 3.26. The molecule has 5 heteroatoms. The summed E-state index contributed by atoms with van der Waals surface area (Å²) in [6.07, 6.45) is 0.984. The average Bonchev–Trinajstić information content (AvgIpc) is 2.43. The van der Waals surface area contributed by atoms with Gasteiger partial charge in [-0.05, 0) is 6.42 Å².